The van der Waals surface area contributed by atoms with Crippen LogP contribution in [0.4, 0.5) is 5.69 Å². The van der Waals surface area contributed by atoms with Gasteiger partial charge in [0.25, 0.3) is 11.5 Å². The topological polar surface area (TPSA) is 89.9 Å². The molecule has 2 heterocycles. The molecule has 3 aromatic rings. The molecule has 0 aliphatic carbocycles. The van der Waals surface area contributed by atoms with Crippen LogP contribution in [-0.2, 0) is 11.3 Å². The predicted molar refractivity (Wildman–Crippen MR) is 127 cm³/mol. The van der Waals surface area contributed by atoms with E-state index in [-0.39, 0.29) is 12.5 Å². The third-order valence-corrected chi connectivity index (χ3v) is 5.99. The minimum atomic E-state index is -0.444. The first kappa shape index (κ1) is 22.7. The Hall–Kier alpha value is -3.52. The summed E-state index contributed by atoms with van der Waals surface area (Å²) in [6, 6.07) is 11.5. The molecule has 0 spiro atoms. The summed E-state index contributed by atoms with van der Waals surface area (Å²) in [5.74, 6) is 0.177. The number of carbonyl (C=O) groups is 2. The number of para-hydroxylation sites is 1. The van der Waals surface area contributed by atoms with E-state index in [0.29, 0.717) is 51.8 Å². The van der Waals surface area contributed by atoms with E-state index in [4.69, 9.17) is 21.1 Å². The molecule has 1 fully saturated rings. The Bertz CT molecular complexity index is 1280. The van der Waals surface area contributed by atoms with Crippen molar-refractivity contribution >= 4 is 40.0 Å². The molecule has 0 radical (unpaired) electrons. The molecular formula is C24H24ClN3O5. The highest BCUT2D eigenvalue weighted by molar-refractivity contribution is 6.32. The van der Waals surface area contributed by atoms with E-state index in [0.717, 1.165) is 12.8 Å². The van der Waals surface area contributed by atoms with Crippen LogP contribution in [0.15, 0.2) is 47.3 Å². The standard InChI is InChI=1S/C24H24ClN3O5/c1-32-20-13-21(33-2)18(12-17(20)25)26-22(29)14-28-19-8-4-3-7-15(19)16(11-23(28)30)24(31)27-9-5-6-10-27/h3-4,7-8,11-13H,5-6,9-10,14H2,1-2H3,(H,26,29). The normalized spacial score (nSPS) is 13.2. The summed E-state index contributed by atoms with van der Waals surface area (Å²) in [7, 11) is 2.95. The lowest BCUT2D eigenvalue weighted by atomic mass is 10.1. The zero-order valence-corrected chi connectivity index (χ0v) is 19.1. The molecule has 1 aliphatic rings. The van der Waals surface area contributed by atoms with Crippen molar-refractivity contribution < 1.29 is 19.1 Å². The van der Waals surface area contributed by atoms with Gasteiger partial charge < -0.3 is 19.7 Å². The summed E-state index contributed by atoms with van der Waals surface area (Å²) < 4.78 is 11.8. The lowest BCUT2D eigenvalue weighted by molar-refractivity contribution is -0.116. The number of nitrogens with zero attached hydrogens (tertiary/aromatic N) is 2. The maximum atomic E-state index is 13.0. The van der Waals surface area contributed by atoms with Crippen LogP contribution < -0.4 is 20.3 Å². The number of methoxy groups -OCH3 is 2. The van der Waals surface area contributed by atoms with E-state index in [1.165, 1.54) is 30.9 Å². The number of fused-ring (bicyclic) bond motifs is 1. The Kier molecular flexibility index (Phi) is 6.55. The molecular weight excluding hydrogens is 446 g/mol. The summed E-state index contributed by atoms with van der Waals surface area (Å²) >= 11 is 6.18. The minimum Gasteiger partial charge on any atom is -0.495 e. The molecule has 8 nitrogen and oxygen atoms in total. The number of rotatable bonds is 6. The Balaban J connectivity index is 1.66. The van der Waals surface area contributed by atoms with E-state index >= 15 is 0 Å². The van der Waals surface area contributed by atoms with Crippen LogP contribution in [0.2, 0.25) is 5.02 Å². The molecule has 2 aromatic carbocycles. The fourth-order valence-corrected chi connectivity index (χ4v) is 4.30. The molecule has 1 aromatic heterocycles. The quantitative estimate of drug-likeness (QED) is 0.596. The number of hydrogen-bond acceptors (Lipinski definition) is 5. The highest BCUT2D eigenvalue weighted by Gasteiger charge is 2.23. The van der Waals surface area contributed by atoms with Crippen molar-refractivity contribution in [3.63, 3.8) is 0 Å². The van der Waals surface area contributed by atoms with Crippen LogP contribution in [0.3, 0.4) is 0 Å². The third kappa shape index (κ3) is 4.52. The summed E-state index contributed by atoms with van der Waals surface area (Å²) in [4.78, 5) is 40.6. The van der Waals surface area contributed by atoms with Gasteiger partial charge in [0, 0.05) is 30.6 Å². The average Bonchev–Trinajstić information content (AvgIpc) is 3.35. The molecule has 172 valence electrons. The minimum absolute atomic E-state index is 0.157. The van der Waals surface area contributed by atoms with Crippen LogP contribution in [0, 0.1) is 0 Å². The van der Waals surface area contributed by atoms with Gasteiger partial charge in [-0.05, 0) is 25.0 Å². The van der Waals surface area contributed by atoms with Gasteiger partial charge in [-0.1, -0.05) is 29.8 Å². The average molecular weight is 470 g/mol. The van der Waals surface area contributed by atoms with Gasteiger partial charge in [0.15, 0.2) is 0 Å². The van der Waals surface area contributed by atoms with Gasteiger partial charge in [-0.15, -0.1) is 0 Å². The van der Waals surface area contributed by atoms with Crippen LogP contribution in [0.25, 0.3) is 10.9 Å². The van der Waals surface area contributed by atoms with Crippen molar-refractivity contribution in [1.82, 2.24) is 9.47 Å². The van der Waals surface area contributed by atoms with Crippen molar-refractivity contribution in [2.75, 3.05) is 32.6 Å². The second kappa shape index (κ2) is 9.54. The molecule has 0 atom stereocenters. The van der Waals surface area contributed by atoms with Gasteiger partial charge in [0.2, 0.25) is 5.91 Å². The number of anilines is 1. The number of hydrogen-bond donors (Lipinski definition) is 1. The fraction of sp³-hybridized carbons (Fsp3) is 0.292. The lowest BCUT2D eigenvalue weighted by Gasteiger charge is -2.18. The molecule has 33 heavy (non-hydrogen) atoms. The second-order valence-electron chi connectivity index (χ2n) is 7.73. The smallest absolute Gasteiger partial charge is 0.254 e. The largest absolute Gasteiger partial charge is 0.495 e. The van der Waals surface area contributed by atoms with Crippen LogP contribution >= 0.6 is 11.6 Å². The first-order chi connectivity index (χ1) is 15.9. The zero-order chi connectivity index (χ0) is 23.5. The van der Waals surface area contributed by atoms with Gasteiger partial charge in [0.05, 0.1) is 36.0 Å². The Morgan fingerprint density at radius 3 is 2.42 bits per heavy atom. The maximum Gasteiger partial charge on any atom is 0.254 e. The van der Waals surface area contributed by atoms with Crippen molar-refractivity contribution in [2.24, 2.45) is 0 Å². The monoisotopic (exact) mass is 469 g/mol. The van der Waals surface area contributed by atoms with Crippen molar-refractivity contribution in [2.45, 2.75) is 19.4 Å². The van der Waals surface area contributed by atoms with Gasteiger partial charge in [-0.2, -0.15) is 0 Å². The summed E-state index contributed by atoms with van der Waals surface area (Å²) in [6.07, 6.45) is 1.92. The molecule has 0 bridgehead atoms. The summed E-state index contributed by atoms with van der Waals surface area (Å²) in [5.41, 5.74) is 0.804. The number of halogens is 1. The highest BCUT2D eigenvalue weighted by Crippen LogP contribution is 2.36. The van der Waals surface area contributed by atoms with E-state index < -0.39 is 11.5 Å². The Morgan fingerprint density at radius 1 is 1.03 bits per heavy atom. The number of ether oxygens (including phenoxy) is 2. The molecule has 1 saturated heterocycles. The molecule has 0 unspecified atom stereocenters. The van der Waals surface area contributed by atoms with E-state index in [9.17, 15) is 14.4 Å². The Labute approximate surface area is 195 Å². The van der Waals surface area contributed by atoms with E-state index in [1.807, 2.05) is 6.07 Å². The molecule has 1 aliphatic heterocycles. The molecule has 2 amide bonds. The fourth-order valence-electron chi connectivity index (χ4n) is 4.06. The molecule has 1 N–H and O–H groups in total. The van der Waals surface area contributed by atoms with E-state index in [2.05, 4.69) is 5.32 Å². The van der Waals surface area contributed by atoms with Crippen molar-refractivity contribution in [1.29, 1.82) is 0 Å². The number of nitrogens with one attached hydrogen (secondary N) is 1. The first-order valence-electron chi connectivity index (χ1n) is 10.6. The molecule has 4 rings (SSSR count). The van der Waals surface area contributed by atoms with Crippen LogP contribution in [0.5, 0.6) is 11.5 Å². The third-order valence-electron chi connectivity index (χ3n) is 5.69. The first-order valence-corrected chi connectivity index (χ1v) is 10.9. The van der Waals surface area contributed by atoms with Gasteiger partial charge in [0.1, 0.15) is 18.0 Å². The maximum absolute atomic E-state index is 13.0. The number of carbonyl (C=O) groups excluding carboxylic acids is 2. The number of aromatic nitrogens is 1. The second-order valence-corrected chi connectivity index (χ2v) is 8.14. The van der Waals surface area contributed by atoms with Gasteiger partial charge in [-0.3, -0.25) is 19.0 Å². The van der Waals surface area contributed by atoms with E-state index in [1.54, 1.807) is 29.2 Å². The number of amides is 2. The highest BCUT2D eigenvalue weighted by atomic mass is 35.5. The van der Waals surface area contributed by atoms with Crippen LogP contribution in [-0.4, -0.2) is 48.6 Å². The summed E-state index contributed by atoms with van der Waals surface area (Å²) in [5, 5.41) is 3.68. The SMILES string of the molecule is COc1cc(OC)c(NC(=O)Cn2c(=O)cc(C(=O)N3CCCC3)c3ccccc32)cc1Cl. The molecule has 9 heteroatoms. The Morgan fingerprint density at radius 2 is 1.73 bits per heavy atom. The molecule has 0 saturated carbocycles. The lowest BCUT2D eigenvalue weighted by Crippen LogP contribution is -2.32. The summed E-state index contributed by atoms with van der Waals surface area (Å²) in [6.45, 7) is 1.13. The number of likely N-dealkylation sites (tertiary alicyclic amines) is 1. The van der Waals surface area contributed by atoms with Gasteiger partial charge in [-0.25, -0.2) is 0 Å². The number of benzene rings is 2. The number of pyridine rings is 1. The van der Waals surface area contributed by atoms with Crippen molar-refractivity contribution in [3.05, 3.63) is 63.4 Å². The predicted octanol–water partition coefficient (Wildman–Crippen LogP) is 3.55. The van der Waals surface area contributed by atoms with Crippen LogP contribution in [0.1, 0.15) is 23.2 Å². The van der Waals surface area contributed by atoms with Crippen molar-refractivity contribution in [3.8, 4) is 11.5 Å². The van der Waals surface area contributed by atoms with Gasteiger partial charge >= 0.3 is 0 Å². The zero-order valence-electron chi connectivity index (χ0n) is 18.4.